The Hall–Kier alpha value is -5.40. The van der Waals surface area contributed by atoms with Crippen molar-refractivity contribution in [2.75, 3.05) is 10.6 Å². The van der Waals surface area contributed by atoms with Crippen LogP contribution in [0.5, 0.6) is 0 Å². The molecule has 0 heterocycles. The fourth-order valence-electron chi connectivity index (χ4n) is 5.00. The van der Waals surface area contributed by atoms with Gasteiger partial charge in [-0.05, 0) is 74.1 Å². The molecule has 14 nitrogen and oxygen atoms in total. The van der Waals surface area contributed by atoms with E-state index in [2.05, 4.69) is 10.6 Å². The third-order valence-corrected chi connectivity index (χ3v) is 8.17. The summed E-state index contributed by atoms with van der Waals surface area (Å²) in [6.07, 6.45) is 3.75. The van der Waals surface area contributed by atoms with Crippen LogP contribution in [0.2, 0.25) is 0 Å². The summed E-state index contributed by atoms with van der Waals surface area (Å²) >= 11 is 0. The van der Waals surface area contributed by atoms with Gasteiger partial charge in [-0.15, -0.1) is 0 Å². The molecule has 0 saturated carbocycles. The number of carboxylic acid groups (broad SMARTS) is 1. The number of carbonyl (C=O) groups excluding carboxylic acids is 5. The number of allylic oxidation sites excluding steroid dienone is 1. The zero-order valence-corrected chi connectivity index (χ0v) is 29.4. The average molecular weight is 711 g/mol. The molecule has 2 amide bonds. The van der Waals surface area contributed by atoms with Gasteiger partial charge in [0.1, 0.15) is 32.5 Å². The number of hydrogen-bond donors (Lipinski definition) is 3. The predicted octanol–water partition coefficient (Wildman–Crippen LogP) is 6.93. The maximum absolute atomic E-state index is 13.0. The standard InChI is InChI=1S/C37H46N2O12/c1-5-30(40)47-21-25-18-26(22-48-31(41)6-2)33(27(19-25)23-49-32(42)7-3)39-35(45)50-20-24-11-13-28(14-12-24)38-36(46)51-29-10-8-9-16-37(4,17-15-29)34(43)44/h8,10-14,18-19,29H,5-7,9,15-17,20-23H2,1-4H3,(H,38,46)(H,39,45)(H,43,44)/b10-8+/t29-,37+/m1/s1. The van der Waals surface area contributed by atoms with Crippen molar-refractivity contribution in [1.29, 1.82) is 0 Å². The Morgan fingerprint density at radius 1 is 0.725 bits per heavy atom. The number of benzene rings is 2. The number of anilines is 2. The van der Waals surface area contributed by atoms with Crippen molar-refractivity contribution in [2.24, 2.45) is 5.41 Å². The number of ether oxygens (including phenoxy) is 5. The highest BCUT2D eigenvalue weighted by atomic mass is 16.6. The molecule has 3 N–H and O–H groups in total. The van der Waals surface area contributed by atoms with Gasteiger partial charge in [-0.25, -0.2) is 9.59 Å². The summed E-state index contributed by atoms with van der Waals surface area (Å²) in [4.78, 5) is 73.0. The molecule has 0 bridgehead atoms. The second-order valence-corrected chi connectivity index (χ2v) is 12.2. The second kappa shape index (κ2) is 19.7. The lowest BCUT2D eigenvalue weighted by Gasteiger charge is -2.27. The lowest BCUT2D eigenvalue weighted by molar-refractivity contribution is -0.149. The minimum absolute atomic E-state index is 0.0899. The van der Waals surface area contributed by atoms with E-state index in [4.69, 9.17) is 23.7 Å². The minimum atomic E-state index is -0.883. The molecular weight excluding hydrogens is 664 g/mol. The predicted molar refractivity (Wildman–Crippen MR) is 184 cm³/mol. The summed E-state index contributed by atoms with van der Waals surface area (Å²) in [7, 11) is 0. The fourth-order valence-corrected chi connectivity index (χ4v) is 5.00. The molecule has 0 saturated heterocycles. The van der Waals surface area contributed by atoms with Gasteiger partial charge < -0.3 is 28.8 Å². The zero-order chi connectivity index (χ0) is 37.4. The SMILES string of the molecule is CCC(=O)OCc1cc(COC(=O)CC)c(NC(=O)OCc2ccc(NC(=O)O[C@@H]3/C=C/CC[C@](C)(C(=O)O)CC3)cc2)c(COC(=O)CC)c1. The molecule has 0 radical (unpaired) electrons. The van der Waals surface area contributed by atoms with Crippen LogP contribution in [0.1, 0.15) is 94.9 Å². The molecule has 1 aliphatic carbocycles. The number of rotatable bonds is 15. The van der Waals surface area contributed by atoms with Crippen molar-refractivity contribution in [3.8, 4) is 0 Å². The Morgan fingerprint density at radius 2 is 1.27 bits per heavy atom. The van der Waals surface area contributed by atoms with Gasteiger partial charge >= 0.3 is 36.1 Å². The summed E-state index contributed by atoms with van der Waals surface area (Å²) in [6.45, 7) is 5.96. The molecule has 0 spiro atoms. The largest absolute Gasteiger partial charge is 0.481 e. The molecule has 0 unspecified atom stereocenters. The van der Waals surface area contributed by atoms with Crippen LogP contribution in [0.15, 0.2) is 48.6 Å². The number of nitrogens with one attached hydrogen (secondary N) is 2. The number of carboxylic acids is 1. The molecule has 0 aliphatic heterocycles. The van der Waals surface area contributed by atoms with Gasteiger partial charge in [0.25, 0.3) is 0 Å². The molecule has 276 valence electrons. The van der Waals surface area contributed by atoms with Crippen LogP contribution in [0, 0.1) is 5.41 Å². The maximum atomic E-state index is 13.0. The van der Waals surface area contributed by atoms with Crippen molar-refractivity contribution in [3.05, 3.63) is 70.8 Å². The molecule has 0 fully saturated rings. The minimum Gasteiger partial charge on any atom is -0.481 e. The lowest BCUT2D eigenvalue weighted by Crippen LogP contribution is -2.31. The van der Waals surface area contributed by atoms with Crippen LogP contribution >= 0.6 is 0 Å². The molecule has 2 aromatic rings. The van der Waals surface area contributed by atoms with E-state index in [0.29, 0.717) is 53.6 Å². The van der Waals surface area contributed by atoms with Gasteiger partial charge in [-0.1, -0.05) is 39.0 Å². The van der Waals surface area contributed by atoms with E-state index in [1.165, 1.54) is 0 Å². The van der Waals surface area contributed by atoms with Gasteiger partial charge in [0, 0.05) is 36.1 Å². The summed E-state index contributed by atoms with van der Waals surface area (Å²) < 4.78 is 26.9. The molecular formula is C37H46N2O12. The molecule has 0 aromatic heterocycles. The topological polar surface area (TPSA) is 193 Å². The van der Waals surface area contributed by atoms with Gasteiger partial charge in [-0.3, -0.25) is 29.8 Å². The van der Waals surface area contributed by atoms with Gasteiger partial charge in [0.05, 0.1) is 11.1 Å². The van der Waals surface area contributed by atoms with E-state index in [0.717, 1.165) is 0 Å². The summed E-state index contributed by atoms with van der Waals surface area (Å²) in [5, 5.41) is 14.9. The quantitative estimate of drug-likeness (QED) is 0.0982. The van der Waals surface area contributed by atoms with E-state index in [-0.39, 0.29) is 51.4 Å². The highest BCUT2D eigenvalue weighted by molar-refractivity contribution is 5.87. The Bertz CT molecular complexity index is 1550. The smallest absolute Gasteiger partial charge is 0.412 e. The highest BCUT2D eigenvalue weighted by Gasteiger charge is 2.34. The van der Waals surface area contributed by atoms with Crippen molar-refractivity contribution >= 4 is 47.4 Å². The monoisotopic (exact) mass is 710 g/mol. The molecule has 2 atom stereocenters. The summed E-state index contributed by atoms with van der Waals surface area (Å²) in [5.74, 6) is -2.24. The number of amides is 2. The van der Waals surface area contributed by atoms with Crippen molar-refractivity contribution in [2.45, 2.75) is 105 Å². The zero-order valence-electron chi connectivity index (χ0n) is 29.4. The fraction of sp³-hybridized carbons (Fsp3) is 0.459. The number of carbonyl (C=O) groups is 6. The number of hydrogen-bond acceptors (Lipinski definition) is 11. The van der Waals surface area contributed by atoms with Crippen molar-refractivity contribution < 1.29 is 57.6 Å². The van der Waals surface area contributed by atoms with E-state index in [9.17, 15) is 33.9 Å². The van der Waals surface area contributed by atoms with Crippen LogP contribution in [-0.2, 0) is 69.3 Å². The van der Waals surface area contributed by atoms with Gasteiger partial charge in [0.2, 0.25) is 0 Å². The first-order valence-electron chi connectivity index (χ1n) is 16.9. The maximum Gasteiger partial charge on any atom is 0.412 e. The Morgan fingerprint density at radius 3 is 1.82 bits per heavy atom. The van der Waals surface area contributed by atoms with Crippen LogP contribution in [0.25, 0.3) is 0 Å². The summed E-state index contributed by atoms with van der Waals surface area (Å²) in [6, 6.07) is 9.74. The molecule has 14 heteroatoms. The van der Waals surface area contributed by atoms with E-state index in [1.54, 1.807) is 70.2 Å². The molecule has 3 rings (SSSR count). The second-order valence-electron chi connectivity index (χ2n) is 12.2. The summed E-state index contributed by atoms with van der Waals surface area (Å²) in [5.41, 5.74) is 1.63. The number of esters is 3. The first-order chi connectivity index (χ1) is 24.3. The molecule has 51 heavy (non-hydrogen) atoms. The van der Waals surface area contributed by atoms with Crippen LogP contribution in [0.3, 0.4) is 0 Å². The highest BCUT2D eigenvalue weighted by Crippen LogP contribution is 2.33. The van der Waals surface area contributed by atoms with Crippen LogP contribution < -0.4 is 10.6 Å². The van der Waals surface area contributed by atoms with E-state index >= 15 is 0 Å². The lowest BCUT2D eigenvalue weighted by atomic mass is 9.79. The Balaban J connectivity index is 1.66. The van der Waals surface area contributed by atoms with E-state index < -0.39 is 47.6 Å². The van der Waals surface area contributed by atoms with Gasteiger partial charge in [-0.2, -0.15) is 0 Å². The van der Waals surface area contributed by atoms with E-state index in [1.807, 2.05) is 6.08 Å². The number of aliphatic carboxylic acids is 1. The third kappa shape index (κ3) is 13.1. The third-order valence-electron chi connectivity index (χ3n) is 8.17. The Kier molecular flexibility index (Phi) is 15.5. The van der Waals surface area contributed by atoms with Crippen molar-refractivity contribution in [1.82, 2.24) is 0 Å². The normalized spacial score (nSPS) is 17.5. The van der Waals surface area contributed by atoms with Crippen LogP contribution in [0.4, 0.5) is 21.0 Å². The van der Waals surface area contributed by atoms with Crippen molar-refractivity contribution in [3.63, 3.8) is 0 Å². The first kappa shape index (κ1) is 40.0. The average Bonchev–Trinajstić information content (AvgIpc) is 3.11. The Labute approximate surface area is 296 Å². The molecule has 1 aliphatic rings. The van der Waals surface area contributed by atoms with Crippen LogP contribution in [-0.4, -0.2) is 47.3 Å². The first-order valence-corrected chi connectivity index (χ1v) is 16.9. The van der Waals surface area contributed by atoms with Gasteiger partial charge in [0.15, 0.2) is 0 Å². The molecule has 2 aromatic carbocycles.